The Morgan fingerprint density at radius 2 is 1.81 bits per heavy atom. The summed E-state index contributed by atoms with van der Waals surface area (Å²) in [5, 5.41) is 29.7. The van der Waals surface area contributed by atoms with Gasteiger partial charge in [0.05, 0.1) is 16.3 Å². The van der Waals surface area contributed by atoms with E-state index in [1.807, 2.05) is 0 Å². The first-order valence-electron chi connectivity index (χ1n) is 4.31. The van der Waals surface area contributed by atoms with Crippen LogP contribution in [-0.4, -0.2) is 26.6 Å². The predicted molar refractivity (Wildman–Crippen MR) is 51.7 cm³/mol. The summed E-state index contributed by atoms with van der Waals surface area (Å²) in [6.45, 7) is 0. The Morgan fingerprint density at radius 1 is 1.31 bits per heavy atom. The Labute approximate surface area is 90.6 Å². The van der Waals surface area contributed by atoms with Crippen LogP contribution in [0.4, 0.5) is 0 Å². The van der Waals surface area contributed by atoms with Gasteiger partial charge < -0.3 is 5.11 Å². The molecule has 0 heterocycles. The first kappa shape index (κ1) is 13.8. The Kier molecular flexibility index (Phi) is 4.88. The normalized spacial score (nSPS) is 10.4. The highest BCUT2D eigenvalue weighted by atomic mass is 16.7. The van der Waals surface area contributed by atoms with Gasteiger partial charge in [0, 0.05) is 6.42 Å². The van der Waals surface area contributed by atoms with E-state index in [2.05, 4.69) is 5.92 Å². The van der Waals surface area contributed by atoms with Crippen LogP contribution in [0.1, 0.15) is 25.7 Å². The molecular weight excluding hydrogens is 220 g/mol. The highest BCUT2D eigenvalue weighted by Gasteiger charge is 2.55. The number of nitro groups is 2. The fourth-order valence-corrected chi connectivity index (χ4v) is 1.14. The summed E-state index contributed by atoms with van der Waals surface area (Å²) in [5.41, 5.74) is -2.50. The summed E-state index contributed by atoms with van der Waals surface area (Å²) in [4.78, 5) is 29.5. The maximum absolute atomic E-state index is 10.7. The molecule has 0 aliphatic rings. The molecule has 0 spiro atoms. The van der Waals surface area contributed by atoms with Gasteiger partial charge in [-0.05, 0) is 0 Å². The van der Waals surface area contributed by atoms with Gasteiger partial charge in [-0.25, -0.2) is 0 Å². The van der Waals surface area contributed by atoms with E-state index in [0.717, 1.165) is 0 Å². The van der Waals surface area contributed by atoms with Gasteiger partial charge in [0.15, 0.2) is 0 Å². The minimum absolute atomic E-state index is 0.151. The molecule has 0 radical (unpaired) electrons. The monoisotopic (exact) mass is 230 g/mol. The fourth-order valence-electron chi connectivity index (χ4n) is 1.14. The molecule has 16 heavy (non-hydrogen) atoms. The van der Waals surface area contributed by atoms with E-state index in [0.29, 0.717) is 0 Å². The van der Waals surface area contributed by atoms with E-state index in [1.54, 1.807) is 0 Å². The van der Waals surface area contributed by atoms with Crippen molar-refractivity contribution in [2.24, 2.45) is 0 Å². The topological polar surface area (TPSA) is 124 Å². The Bertz CT molecular complexity index is 331. The molecule has 0 bridgehead atoms. The van der Waals surface area contributed by atoms with Gasteiger partial charge in [-0.15, -0.1) is 12.3 Å². The molecule has 0 aromatic heterocycles. The van der Waals surface area contributed by atoms with E-state index in [1.165, 1.54) is 0 Å². The van der Waals surface area contributed by atoms with Crippen molar-refractivity contribution in [1.82, 2.24) is 0 Å². The lowest BCUT2D eigenvalue weighted by Crippen LogP contribution is -2.46. The Balaban J connectivity index is 4.95. The average molecular weight is 230 g/mol. The van der Waals surface area contributed by atoms with Crippen molar-refractivity contribution in [2.45, 2.75) is 31.3 Å². The first-order chi connectivity index (χ1) is 7.36. The fraction of sp³-hybridized carbons (Fsp3) is 0.625. The second-order valence-corrected chi connectivity index (χ2v) is 3.09. The number of carbonyl (C=O) groups is 1. The van der Waals surface area contributed by atoms with Crippen LogP contribution in [0.15, 0.2) is 0 Å². The second-order valence-electron chi connectivity index (χ2n) is 3.09. The molecule has 8 nitrogen and oxygen atoms in total. The third-order valence-corrected chi connectivity index (χ3v) is 2.09. The van der Waals surface area contributed by atoms with E-state index in [-0.39, 0.29) is 6.42 Å². The molecule has 0 saturated heterocycles. The van der Waals surface area contributed by atoms with E-state index in [4.69, 9.17) is 11.5 Å². The molecular formula is C8H10N2O6. The summed E-state index contributed by atoms with van der Waals surface area (Å²) >= 11 is 0. The van der Waals surface area contributed by atoms with E-state index in [9.17, 15) is 25.0 Å². The largest absolute Gasteiger partial charge is 0.481 e. The molecule has 0 aliphatic heterocycles. The second kappa shape index (κ2) is 5.65. The number of hydrogen-bond acceptors (Lipinski definition) is 5. The van der Waals surface area contributed by atoms with Crippen molar-refractivity contribution < 1.29 is 19.7 Å². The van der Waals surface area contributed by atoms with Crippen molar-refractivity contribution >= 4 is 5.97 Å². The number of carboxylic acid groups (broad SMARTS) is 1. The van der Waals surface area contributed by atoms with Gasteiger partial charge in [-0.2, -0.15) is 0 Å². The SMILES string of the molecule is C#CCCC(CCC(=O)O)([N+](=O)[O-])[N+](=O)[O-]. The molecule has 0 amide bonds. The minimum atomic E-state index is -2.50. The van der Waals surface area contributed by atoms with Crippen LogP contribution in [0, 0.1) is 32.6 Å². The molecule has 1 N–H and O–H groups in total. The molecule has 0 unspecified atom stereocenters. The van der Waals surface area contributed by atoms with Crippen LogP contribution in [0.3, 0.4) is 0 Å². The highest BCUT2D eigenvalue weighted by Crippen LogP contribution is 2.24. The third kappa shape index (κ3) is 3.20. The highest BCUT2D eigenvalue weighted by molar-refractivity contribution is 5.66. The number of carboxylic acids is 1. The molecule has 0 saturated carbocycles. The quantitative estimate of drug-likeness (QED) is 0.294. The summed E-state index contributed by atoms with van der Waals surface area (Å²) in [6.07, 6.45) is 2.93. The van der Waals surface area contributed by atoms with Gasteiger partial charge in [-0.1, -0.05) is 0 Å². The smallest absolute Gasteiger partial charge is 0.460 e. The summed E-state index contributed by atoms with van der Waals surface area (Å²) in [7, 11) is 0. The van der Waals surface area contributed by atoms with Gasteiger partial charge in [0.1, 0.15) is 12.8 Å². The van der Waals surface area contributed by atoms with Crippen molar-refractivity contribution in [3.05, 3.63) is 20.2 Å². The van der Waals surface area contributed by atoms with Crippen LogP contribution in [0.25, 0.3) is 0 Å². The number of hydrogen-bond donors (Lipinski definition) is 1. The Hall–Kier alpha value is -2.17. The van der Waals surface area contributed by atoms with Crippen LogP contribution in [0.5, 0.6) is 0 Å². The maximum atomic E-state index is 10.7. The standard InChI is InChI=1S/C8H10N2O6/c1-2-3-5-8(9(13)14,10(15)16)6-4-7(11)12/h1H,3-6H2,(H,11,12). The third-order valence-electron chi connectivity index (χ3n) is 2.09. The van der Waals surface area contributed by atoms with E-state index < -0.39 is 40.7 Å². The van der Waals surface area contributed by atoms with Gasteiger partial charge in [-0.3, -0.25) is 25.0 Å². The van der Waals surface area contributed by atoms with Gasteiger partial charge in [0.25, 0.3) is 0 Å². The minimum Gasteiger partial charge on any atom is -0.481 e. The molecule has 88 valence electrons. The molecule has 0 fully saturated rings. The van der Waals surface area contributed by atoms with Crippen LogP contribution < -0.4 is 0 Å². The molecule has 0 rings (SSSR count). The summed E-state index contributed by atoms with van der Waals surface area (Å²) in [5.74, 6) is 0.739. The lowest BCUT2D eigenvalue weighted by Gasteiger charge is -2.15. The molecule has 8 heteroatoms. The van der Waals surface area contributed by atoms with Crippen molar-refractivity contribution in [2.75, 3.05) is 0 Å². The van der Waals surface area contributed by atoms with Crippen molar-refractivity contribution in [3.63, 3.8) is 0 Å². The van der Waals surface area contributed by atoms with Crippen molar-refractivity contribution in [1.29, 1.82) is 0 Å². The van der Waals surface area contributed by atoms with Crippen LogP contribution in [0.2, 0.25) is 0 Å². The molecule has 0 aromatic carbocycles. The number of nitrogens with zero attached hydrogens (tertiary/aromatic N) is 2. The summed E-state index contributed by atoms with van der Waals surface area (Å²) in [6, 6.07) is 0. The maximum Gasteiger partial charge on any atom is 0.460 e. The first-order valence-corrected chi connectivity index (χ1v) is 4.31. The zero-order valence-electron chi connectivity index (χ0n) is 8.29. The van der Waals surface area contributed by atoms with Crippen LogP contribution >= 0.6 is 0 Å². The molecule has 0 atom stereocenters. The Morgan fingerprint density at radius 3 is 2.12 bits per heavy atom. The van der Waals surface area contributed by atoms with Crippen LogP contribution in [-0.2, 0) is 4.79 Å². The van der Waals surface area contributed by atoms with Crippen molar-refractivity contribution in [3.8, 4) is 12.3 Å². The average Bonchev–Trinajstić information content (AvgIpc) is 2.17. The molecule has 0 aliphatic carbocycles. The number of rotatable bonds is 7. The molecule has 0 aromatic rings. The predicted octanol–water partition coefficient (Wildman–Crippen LogP) is 0.514. The zero-order chi connectivity index (χ0) is 12.8. The van der Waals surface area contributed by atoms with E-state index >= 15 is 0 Å². The number of aliphatic carboxylic acids is 1. The summed E-state index contributed by atoms with van der Waals surface area (Å²) < 4.78 is 0. The lowest BCUT2D eigenvalue weighted by molar-refractivity contribution is -0.798. The lowest BCUT2D eigenvalue weighted by atomic mass is 9.99. The van der Waals surface area contributed by atoms with Gasteiger partial charge >= 0.3 is 11.6 Å². The number of terminal acetylenes is 1. The zero-order valence-corrected chi connectivity index (χ0v) is 8.29. The van der Waals surface area contributed by atoms with Gasteiger partial charge in [0.2, 0.25) is 0 Å².